The van der Waals surface area contributed by atoms with E-state index in [1.807, 2.05) is 13.8 Å². The minimum atomic E-state index is -0.454. The third kappa shape index (κ3) is 5.95. The molecule has 1 fully saturated rings. The first kappa shape index (κ1) is 18.9. The van der Waals surface area contributed by atoms with Gasteiger partial charge < -0.3 is 15.4 Å². The van der Waals surface area contributed by atoms with Gasteiger partial charge >= 0.3 is 0 Å². The highest BCUT2D eigenvalue weighted by Gasteiger charge is 2.31. The molecule has 0 unspecified atom stereocenters. The maximum absolute atomic E-state index is 12.5. The average molecular weight is 312 g/mol. The molecule has 3 atom stereocenters. The number of carbonyl (C=O) groups excluding carboxylic acids is 2. The van der Waals surface area contributed by atoms with E-state index in [4.69, 9.17) is 4.74 Å². The number of hydrogen-bond donors (Lipinski definition) is 2. The van der Waals surface area contributed by atoms with E-state index in [-0.39, 0.29) is 23.7 Å². The van der Waals surface area contributed by atoms with Crippen LogP contribution in [0.15, 0.2) is 0 Å². The van der Waals surface area contributed by atoms with E-state index in [1.54, 1.807) is 7.11 Å². The summed E-state index contributed by atoms with van der Waals surface area (Å²) in [6, 6.07) is -0.454. The predicted molar refractivity (Wildman–Crippen MR) is 87.4 cm³/mol. The normalized spacial score (nSPS) is 23.1. The summed E-state index contributed by atoms with van der Waals surface area (Å²) < 4.78 is 4.97. The van der Waals surface area contributed by atoms with Crippen molar-refractivity contribution in [2.75, 3.05) is 20.3 Å². The van der Waals surface area contributed by atoms with Crippen LogP contribution in [0, 0.1) is 17.8 Å². The third-order valence-corrected chi connectivity index (χ3v) is 4.52. The summed E-state index contributed by atoms with van der Waals surface area (Å²) in [5.41, 5.74) is 0. The zero-order chi connectivity index (χ0) is 16.5. The molecule has 128 valence electrons. The first-order chi connectivity index (χ1) is 10.5. The van der Waals surface area contributed by atoms with Crippen LogP contribution in [-0.4, -0.2) is 38.1 Å². The molecule has 0 heterocycles. The van der Waals surface area contributed by atoms with Crippen LogP contribution in [0.2, 0.25) is 0 Å². The molecular formula is C17H32N2O3. The second kappa shape index (κ2) is 9.82. The fourth-order valence-corrected chi connectivity index (χ4v) is 3.04. The highest BCUT2D eigenvalue weighted by molar-refractivity contribution is 5.88. The van der Waals surface area contributed by atoms with E-state index in [0.29, 0.717) is 19.1 Å². The van der Waals surface area contributed by atoms with Crippen molar-refractivity contribution in [1.29, 1.82) is 0 Å². The first-order valence-corrected chi connectivity index (χ1v) is 8.54. The molecular weight excluding hydrogens is 280 g/mol. The zero-order valence-electron chi connectivity index (χ0n) is 14.5. The molecule has 0 saturated heterocycles. The van der Waals surface area contributed by atoms with Crippen molar-refractivity contribution in [1.82, 2.24) is 10.6 Å². The summed E-state index contributed by atoms with van der Waals surface area (Å²) in [5.74, 6) is 0.480. The summed E-state index contributed by atoms with van der Waals surface area (Å²) in [6.07, 6.45) is 5.14. The topological polar surface area (TPSA) is 67.4 Å². The standard InChI is InChI=1S/C17H32N2O3/c1-12(2)15(17(21)18-10-7-11-22-4)19-16(20)14-9-6-5-8-13(14)3/h12-15H,5-11H2,1-4H3,(H,18,21)(H,19,20)/t13-,14+,15-/m0/s1. The Balaban J connectivity index is 2.51. The van der Waals surface area contributed by atoms with Crippen molar-refractivity contribution in [3.63, 3.8) is 0 Å². The molecule has 0 aromatic carbocycles. The zero-order valence-corrected chi connectivity index (χ0v) is 14.5. The van der Waals surface area contributed by atoms with Crippen LogP contribution >= 0.6 is 0 Å². The molecule has 5 nitrogen and oxygen atoms in total. The lowest BCUT2D eigenvalue weighted by Crippen LogP contribution is -2.52. The van der Waals surface area contributed by atoms with Crippen LogP contribution in [0.1, 0.15) is 52.9 Å². The molecule has 2 N–H and O–H groups in total. The molecule has 0 bridgehead atoms. The fraction of sp³-hybridized carbons (Fsp3) is 0.882. The van der Waals surface area contributed by atoms with E-state index in [9.17, 15) is 9.59 Å². The summed E-state index contributed by atoms with van der Waals surface area (Å²) in [7, 11) is 1.64. The minimum absolute atomic E-state index is 0.0398. The Kier molecular flexibility index (Phi) is 8.46. The van der Waals surface area contributed by atoms with Gasteiger partial charge in [-0.2, -0.15) is 0 Å². The van der Waals surface area contributed by atoms with Crippen molar-refractivity contribution in [2.24, 2.45) is 17.8 Å². The Bertz CT molecular complexity index is 358. The molecule has 5 heteroatoms. The Labute approximate surface area is 134 Å². The molecule has 1 aliphatic carbocycles. The lowest BCUT2D eigenvalue weighted by molar-refractivity contribution is -0.133. The molecule has 0 aliphatic heterocycles. The predicted octanol–water partition coefficient (Wildman–Crippen LogP) is 2.11. The van der Waals surface area contributed by atoms with Gasteiger partial charge in [0.05, 0.1) is 0 Å². The molecule has 1 saturated carbocycles. The summed E-state index contributed by atoms with van der Waals surface area (Å²) in [6.45, 7) is 7.26. The maximum atomic E-state index is 12.5. The number of hydrogen-bond acceptors (Lipinski definition) is 3. The van der Waals surface area contributed by atoms with Crippen molar-refractivity contribution in [3.05, 3.63) is 0 Å². The Morgan fingerprint density at radius 2 is 1.91 bits per heavy atom. The number of methoxy groups -OCH3 is 1. The summed E-state index contributed by atoms with van der Waals surface area (Å²) in [5, 5.41) is 5.86. The maximum Gasteiger partial charge on any atom is 0.242 e. The van der Waals surface area contributed by atoms with Crippen LogP contribution in [0.5, 0.6) is 0 Å². The number of rotatable bonds is 8. The van der Waals surface area contributed by atoms with Gasteiger partial charge in [-0.3, -0.25) is 9.59 Å². The van der Waals surface area contributed by atoms with E-state index in [1.165, 1.54) is 6.42 Å². The second-order valence-electron chi connectivity index (χ2n) is 6.74. The molecule has 0 aromatic heterocycles. The van der Waals surface area contributed by atoms with Crippen molar-refractivity contribution < 1.29 is 14.3 Å². The third-order valence-electron chi connectivity index (χ3n) is 4.52. The van der Waals surface area contributed by atoms with Crippen LogP contribution in [0.3, 0.4) is 0 Å². The summed E-state index contributed by atoms with van der Waals surface area (Å²) in [4.78, 5) is 24.8. The van der Waals surface area contributed by atoms with Gasteiger partial charge in [-0.05, 0) is 31.1 Å². The Hall–Kier alpha value is -1.10. The molecule has 1 aliphatic rings. The van der Waals surface area contributed by atoms with Crippen molar-refractivity contribution in [3.8, 4) is 0 Å². The lowest BCUT2D eigenvalue weighted by atomic mass is 9.79. The largest absolute Gasteiger partial charge is 0.385 e. The minimum Gasteiger partial charge on any atom is -0.385 e. The average Bonchev–Trinajstić information content (AvgIpc) is 2.49. The molecule has 0 aromatic rings. The van der Waals surface area contributed by atoms with E-state index >= 15 is 0 Å². The van der Waals surface area contributed by atoms with Gasteiger partial charge in [0.25, 0.3) is 0 Å². The number of amides is 2. The SMILES string of the molecule is COCCCNC(=O)[C@@H](NC(=O)[C@@H]1CCCC[C@@H]1C)C(C)C. The van der Waals surface area contributed by atoms with Crippen LogP contribution in [0.25, 0.3) is 0 Å². The quantitative estimate of drug-likeness (QED) is 0.675. The van der Waals surface area contributed by atoms with Gasteiger partial charge in [0.2, 0.25) is 11.8 Å². The molecule has 22 heavy (non-hydrogen) atoms. The van der Waals surface area contributed by atoms with Gasteiger partial charge in [-0.1, -0.05) is 33.6 Å². The molecule has 0 radical (unpaired) electrons. The van der Waals surface area contributed by atoms with E-state index < -0.39 is 6.04 Å². The second-order valence-corrected chi connectivity index (χ2v) is 6.74. The monoisotopic (exact) mass is 312 g/mol. The smallest absolute Gasteiger partial charge is 0.242 e. The van der Waals surface area contributed by atoms with Crippen LogP contribution in [-0.2, 0) is 14.3 Å². The van der Waals surface area contributed by atoms with Gasteiger partial charge in [0.15, 0.2) is 0 Å². The molecule has 0 spiro atoms. The fourth-order valence-electron chi connectivity index (χ4n) is 3.04. The van der Waals surface area contributed by atoms with E-state index in [0.717, 1.165) is 25.7 Å². The first-order valence-electron chi connectivity index (χ1n) is 8.54. The van der Waals surface area contributed by atoms with Crippen molar-refractivity contribution in [2.45, 2.75) is 58.9 Å². The number of nitrogens with one attached hydrogen (secondary N) is 2. The van der Waals surface area contributed by atoms with Gasteiger partial charge in [0, 0.05) is 26.2 Å². The Morgan fingerprint density at radius 1 is 1.23 bits per heavy atom. The number of carbonyl (C=O) groups is 2. The van der Waals surface area contributed by atoms with E-state index in [2.05, 4.69) is 17.6 Å². The number of ether oxygens (including phenoxy) is 1. The van der Waals surface area contributed by atoms with Crippen LogP contribution < -0.4 is 10.6 Å². The Morgan fingerprint density at radius 3 is 2.50 bits per heavy atom. The molecule has 2 amide bonds. The summed E-state index contributed by atoms with van der Waals surface area (Å²) >= 11 is 0. The van der Waals surface area contributed by atoms with Gasteiger partial charge in [0.1, 0.15) is 6.04 Å². The highest BCUT2D eigenvalue weighted by atomic mass is 16.5. The molecule has 1 rings (SSSR count). The lowest BCUT2D eigenvalue weighted by Gasteiger charge is -2.30. The van der Waals surface area contributed by atoms with Gasteiger partial charge in [-0.15, -0.1) is 0 Å². The van der Waals surface area contributed by atoms with Crippen LogP contribution in [0.4, 0.5) is 0 Å². The van der Waals surface area contributed by atoms with Crippen molar-refractivity contribution >= 4 is 11.8 Å². The van der Waals surface area contributed by atoms with Gasteiger partial charge in [-0.25, -0.2) is 0 Å². The highest BCUT2D eigenvalue weighted by Crippen LogP contribution is 2.29.